The van der Waals surface area contributed by atoms with Crippen LogP contribution in [0.2, 0.25) is 0 Å². The van der Waals surface area contributed by atoms with Crippen molar-refractivity contribution >= 4 is 5.91 Å². The summed E-state index contributed by atoms with van der Waals surface area (Å²) in [5.74, 6) is 1.39. The van der Waals surface area contributed by atoms with E-state index in [-0.39, 0.29) is 5.91 Å². The molecule has 6 nitrogen and oxygen atoms in total. The molecule has 2 aromatic rings. The maximum Gasteiger partial charge on any atom is 0.219 e. The molecule has 0 N–H and O–H groups in total. The van der Waals surface area contributed by atoms with Crippen molar-refractivity contribution in [1.82, 2.24) is 20.0 Å². The Bertz CT molecular complexity index is 691. The molecular weight excluding hydrogens is 292 g/mol. The van der Waals surface area contributed by atoms with Crippen molar-refractivity contribution in [1.29, 1.82) is 0 Å². The largest absolute Gasteiger partial charge is 0.361 e. The third-order valence-corrected chi connectivity index (χ3v) is 4.48. The normalized spacial score (nSPS) is 18.2. The molecule has 0 aliphatic carbocycles. The number of carbonyl (C=O) groups excluding carboxylic acids is 1. The molecule has 1 fully saturated rings. The van der Waals surface area contributed by atoms with Gasteiger partial charge in [0.25, 0.3) is 0 Å². The second-order valence-electron chi connectivity index (χ2n) is 6.27. The average Bonchev–Trinajstić information content (AvgIpc) is 2.87. The number of aromatic nitrogens is 3. The van der Waals surface area contributed by atoms with Crippen molar-refractivity contribution in [3.05, 3.63) is 29.5 Å². The molecule has 0 saturated carbocycles. The minimum Gasteiger partial charge on any atom is -0.361 e. The molecule has 1 saturated heterocycles. The topological polar surface area (TPSA) is 72.1 Å². The molecule has 2 aromatic heterocycles. The number of likely N-dealkylation sites (tertiary alicyclic amines) is 1. The van der Waals surface area contributed by atoms with Gasteiger partial charge in [-0.05, 0) is 45.1 Å². The van der Waals surface area contributed by atoms with E-state index < -0.39 is 0 Å². The monoisotopic (exact) mass is 314 g/mol. The van der Waals surface area contributed by atoms with Gasteiger partial charge >= 0.3 is 0 Å². The van der Waals surface area contributed by atoms with Crippen LogP contribution in [0.25, 0.3) is 11.3 Å². The molecule has 0 spiro atoms. The summed E-state index contributed by atoms with van der Waals surface area (Å²) in [6.45, 7) is 7.14. The summed E-state index contributed by atoms with van der Waals surface area (Å²) in [4.78, 5) is 22.3. The van der Waals surface area contributed by atoms with Crippen LogP contribution in [0.1, 0.15) is 36.9 Å². The van der Waals surface area contributed by atoms with Crippen LogP contribution in [-0.4, -0.2) is 39.0 Å². The number of aryl methyl sites for hydroxylation is 2. The Balaban J connectivity index is 1.77. The SMILES string of the molecule is CC(=O)N1CCC[C@@H](Cc2cc(-c3c(C)noc3C)ncn2)C1. The highest BCUT2D eigenvalue weighted by Crippen LogP contribution is 2.26. The number of nitrogens with zero attached hydrogens (tertiary/aromatic N) is 4. The summed E-state index contributed by atoms with van der Waals surface area (Å²) in [5, 5.41) is 3.99. The van der Waals surface area contributed by atoms with Crippen molar-refractivity contribution in [3.8, 4) is 11.3 Å². The third kappa shape index (κ3) is 3.41. The molecule has 0 aromatic carbocycles. The van der Waals surface area contributed by atoms with E-state index in [0.717, 1.165) is 60.8 Å². The Morgan fingerprint density at radius 3 is 2.91 bits per heavy atom. The van der Waals surface area contributed by atoms with Crippen LogP contribution in [0, 0.1) is 19.8 Å². The Morgan fingerprint density at radius 1 is 1.39 bits per heavy atom. The number of piperidine rings is 1. The van der Waals surface area contributed by atoms with Crippen LogP contribution in [0.5, 0.6) is 0 Å². The first-order valence-electron chi connectivity index (χ1n) is 8.04. The summed E-state index contributed by atoms with van der Waals surface area (Å²) in [7, 11) is 0. The minimum atomic E-state index is 0.161. The van der Waals surface area contributed by atoms with Gasteiger partial charge in [0.1, 0.15) is 12.1 Å². The lowest BCUT2D eigenvalue weighted by Crippen LogP contribution is -2.39. The molecule has 6 heteroatoms. The van der Waals surface area contributed by atoms with Crippen LogP contribution in [-0.2, 0) is 11.2 Å². The molecule has 1 aliphatic heterocycles. The Kier molecular flexibility index (Phi) is 4.41. The lowest BCUT2D eigenvalue weighted by molar-refractivity contribution is -0.130. The molecule has 0 unspecified atom stereocenters. The average molecular weight is 314 g/mol. The van der Waals surface area contributed by atoms with Gasteiger partial charge in [0.15, 0.2) is 0 Å². The maximum absolute atomic E-state index is 11.6. The standard InChI is InChI=1S/C17H22N4O2/c1-11-17(12(2)23-20-11)16-8-15(18-10-19-16)7-14-5-4-6-21(9-14)13(3)22/h8,10,14H,4-7,9H2,1-3H3/t14-/m0/s1. The first-order chi connectivity index (χ1) is 11.0. The summed E-state index contributed by atoms with van der Waals surface area (Å²) < 4.78 is 5.23. The molecule has 122 valence electrons. The molecule has 3 heterocycles. The zero-order valence-electron chi connectivity index (χ0n) is 13.9. The van der Waals surface area contributed by atoms with Crippen molar-refractivity contribution < 1.29 is 9.32 Å². The number of hydrogen-bond donors (Lipinski definition) is 0. The maximum atomic E-state index is 11.6. The molecule has 0 bridgehead atoms. The first kappa shape index (κ1) is 15.6. The zero-order chi connectivity index (χ0) is 16.4. The number of rotatable bonds is 3. The van der Waals surface area contributed by atoms with Crippen molar-refractivity contribution in [2.45, 2.75) is 40.0 Å². The predicted molar refractivity (Wildman–Crippen MR) is 85.7 cm³/mol. The van der Waals surface area contributed by atoms with Gasteiger partial charge in [0.2, 0.25) is 5.91 Å². The van der Waals surface area contributed by atoms with E-state index in [1.807, 2.05) is 24.8 Å². The highest BCUT2D eigenvalue weighted by atomic mass is 16.5. The van der Waals surface area contributed by atoms with Gasteiger partial charge in [-0.1, -0.05) is 5.16 Å². The molecule has 23 heavy (non-hydrogen) atoms. The molecule has 1 amide bonds. The van der Waals surface area contributed by atoms with Crippen LogP contribution >= 0.6 is 0 Å². The van der Waals surface area contributed by atoms with E-state index in [1.165, 1.54) is 0 Å². The lowest BCUT2D eigenvalue weighted by Gasteiger charge is -2.31. The second kappa shape index (κ2) is 6.48. The summed E-state index contributed by atoms with van der Waals surface area (Å²) in [5.41, 5.74) is 3.64. The minimum absolute atomic E-state index is 0.161. The van der Waals surface area contributed by atoms with E-state index in [1.54, 1.807) is 13.3 Å². The second-order valence-corrected chi connectivity index (χ2v) is 6.27. The summed E-state index contributed by atoms with van der Waals surface area (Å²) in [6.07, 6.45) is 4.66. The number of amides is 1. The molecule has 0 radical (unpaired) electrons. The van der Waals surface area contributed by atoms with Crippen molar-refractivity contribution in [2.24, 2.45) is 5.92 Å². The van der Waals surface area contributed by atoms with E-state index in [9.17, 15) is 4.79 Å². The third-order valence-electron chi connectivity index (χ3n) is 4.48. The summed E-state index contributed by atoms with van der Waals surface area (Å²) >= 11 is 0. The Hall–Kier alpha value is -2.24. The van der Waals surface area contributed by atoms with E-state index in [2.05, 4.69) is 15.1 Å². The van der Waals surface area contributed by atoms with Crippen LogP contribution in [0.4, 0.5) is 0 Å². The zero-order valence-corrected chi connectivity index (χ0v) is 13.9. The fraction of sp³-hybridized carbons (Fsp3) is 0.529. The van der Waals surface area contributed by atoms with E-state index >= 15 is 0 Å². The van der Waals surface area contributed by atoms with Gasteiger partial charge in [-0.25, -0.2) is 9.97 Å². The van der Waals surface area contributed by atoms with Crippen LogP contribution < -0.4 is 0 Å². The Labute approximate surface area is 135 Å². The van der Waals surface area contributed by atoms with Crippen LogP contribution in [0.3, 0.4) is 0 Å². The molecular formula is C17H22N4O2. The molecule has 1 aliphatic rings. The lowest BCUT2D eigenvalue weighted by atomic mass is 9.93. The fourth-order valence-electron chi connectivity index (χ4n) is 3.31. The van der Waals surface area contributed by atoms with Gasteiger partial charge in [-0.2, -0.15) is 0 Å². The van der Waals surface area contributed by atoms with Gasteiger partial charge in [0.05, 0.1) is 17.0 Å². The highest BCUT2D eigenvalue weighted by Gasteiger charge is 2.22. The molecule has 1 atom stereocenters. The van der Waals surface area contributed by atoms with Gasteiger partial charge in [0, 0.05) is 25.7 Å². The molecule has 3 rings (SSSR count). The Morgan fingerprint density at radius 2 is 2.22 bits per heavy atom. The van der Waals surface area contributed by atoms with Crippen LogP contribution in [0.15, 0.2) is 16.9 Å². The number of carbonyl (C=O) groups is 1. The van der Waals surface area contributed by atoms with Crippen molar-refractivity contribution in [3.63, 3.8) is 0 Å². The number of hydrogen-bond acceptors (Lipinski definition) is 5. The van der Waals surface area contributed by atoms with Gasteiger partial charge in [-0.3, -0.25) is 4.79 Å². The van der Waals surface area contributed by atoms with E-state index in [4.69, 9.17) is 4.52 Å². The van der Waals surface area contributed by atoms with Crippen molar-refractivity contribution in [2.75, 3.05) is 13.1 Å². The van der Waals surface area contributed by atoms with E-state index in [0.29, 0.717) is 5.92 Å². The van der Waals surface area contributed by atoms with Gasteiger partial charge < -0.3 is 9.42 Å². The predicted octanol–water partition coefficient (Wildman–Crippen LogP) is 2.55. The smallest absolute Gasteiger partial charge is 0.219 e. The van der Waals surface area contributed by atoms with Gasteiger partial charge in [-0.15, -0.1) is 0 Å². The first-order valence-corrected chi connectivity index (χ1v) is 8.04. The fourth-order valence-corrected chi connectivity index (χ4v) is 3.31. The highest BCUT2D eigenvalue weighted by molar-refractivity contribution is 5.73. The summed E-state index contributed by atoms with van der Waals surface area (Å²) in [6, 6.07) is 2.01. The quantitative estimate of drug-likeness (QED) is 0.870.